The van der Waals surface area contributed by atoms with E-state index >= 15 is 0 Å². The fourth-order valence-corrected chi connectivity index (χ4v) is 2.93. The van der Waals surface area contributed by atoms with Crippen molar-refractivity contribution in [2.75, 3.05) is 5.32 Å². The topological polar surface area (TPSA) is 71.1 Å². The molecule has 27 heavy (non-hydrogen) atoms. The summed E-state index contributed by atoms with van der Waals surface area (Å²) >= 11 is 1.44. The summed E-state index contributed by atoms with van der Waals surface area (Å²) < 4.78 is 0. The normalized spacial score (nSPS) is 10.7. The third-order valence-electron chi connectivity index (χ3n) is 3.85. The van der Waals surface area contributed by atoms with Gasteiger partial charge in [-0.25, -0.2) is 0 Å². The Labute approximate surface area is 161 Å². The first-order valence-electron chi connectivity index (χ1n) is 8.42. The second-order valence-electron chi connectivity index (χ2n) is 5.94. The number of carbonyl (C=O) groups excluding carboxylic acids is 2. The van der Waals surface area contributed by atoms with Crippen molar-refractivity contribution in [1.29, 1.82) is 0 Å². The van der Waals surface area contributed by atoms with Gasteiger partial charge in [0.15, 0.2) is 0 Å². The highest BCUT2D eigenvalue weighted by Gasteiger charge is 2.12. The molecule has 0 fully saturated rings. The van der Waals surface area contributed by atoms with Gasteiger partial charge in [-0.2, -0.15) is 0 Å². The van der Waals surface area contributed by atoms with Gasteiger partial charge < -0.3 is 10.6 Å². The van der Waals surface area contributed by atoms with Gasteiger partial charge in [0.2, 0.25) is 5.91 Å². The number of nitrogens with one attached hydrogen (secondary N) is 2. The predicted molar refractivity (Wildman–Crippen MR) is 109 cm³/mol. The van der Waals surface area contributed by atoms with Crippen molar-refractivity contribution in [1.82, 2.24) is 10.3 Å². The molecule has 0 aliphatic carbocycles. The van der Waals surface area contributed by atoms with Gasteiger partial charge in [0.25, 0.3) is 5.91 Å². The van der Waals surface area contributed by atoms with Crippen LogP contribution >= 0.6 is 11.3 Å². The summed E-state index contributed by atoms with van der Waals surface area (Å²) in [7, 11) is 0. The second-order valence-corrected chi connectivity index (χ2v) is 6.86. The summed E-state index contributed by atoms with van der Waals surface area (Å²) in [6.45, 7) is 2.44. The molecule has 5 nitrogen and oxygen atoms in total. The Balaban J connectivity index is 1.64. The number of aryl methyl sites for hydroxylation is 1. The van der Waals surface area contributed by atoms with Gasteiger partial charge in [-0.15, -0.1) is 11.3 Å². The SMILES string of the molecule is Cc1ccc(CNC(=O)c2ccccc2NC(=O)/C=C/c2cncs2)cc1. The first-order chi connectivity index (χ1) is 13.1. The maximum Gasteiger partial charge on any atom is 0.253 e. The summed E-state index contributed by atoms with van der Waals surface area (Å²) in [6, 6.07) is 14.9. The van der Waals surface area contributed by atoms with Crippen LogP contribution in [0, 0.1) is 6.92 Å². The molecule has 0 unspecified atom stereocenters. The van der Waals surface area contributed by atoms with E-state index in [4.69, 9.17) is 0 Å². The number of amides is 2. The smallest absolute Gasteiger partial charge is 0.253 e. The van der Waals surface area contributed by atoms with E-state index in [1.54, 1.807) is 42.0 Å². The summed E-state index contributed by atoms with van der Waals surface area (Å²) in [5, 5.41) is 5.65. The number of thiazole rings is 1. The number of para-hydroxylation sites is 1. The monoisotopic (exact) mass is 377 g/mol. The molecule has 0 radical (unpaired) electrons. The minimum Gasteiger partial charge on any atom is -0.348 e. The van der Waals surface area contributed by atoms with Crippen LogP contribution in [0.2, 0.25) is 0 Å². The first kappa shape index (κ1) is 18.5. The van der Waals surface area contributed by atoms with E-state index in [0.717, 1.165) is 10.4 Å². The highest BCUT2D eigenvalue weighted by atomic mass is 32.1. The highest BCUT2D eigenvalue weighted by Crippen LogP contribution is 2.16. The van der Waals surface area contributed by atoms with Crippen molar-refractivity contribution in [2.24, 2.45) is 0 Å². The Kier molecular flexibility index (Phi) is 6.12. The van der Waals surface area contributed by atoms with Crippen LogP contribution in [0.5, 0.6) is 0 Å². The molecule has 0 aliphatic heterocycles. The molecule has 0 aliphatic rings. The molecule has 3 aromatic rings. The fraction of sp³-hybridized carbons (Fsp3) is 0.0952. The Morgan fingerprint density at radius 2 is 1.89 bits per heavy atom. The van der Waals surface area contributed by atoms with Crippen molar-refractivity contribution in [2.45, 2.75) is 13.5 Å². The van der Waals surface area contributed by atoms with E-state index in [2.05, 4.69) is 15.6 Å². The molecule has 0 atom stereocenters. The van der Waals surface area contributed by atoms with Gasteiger partial charge >= 0.3 is 0 Å². The van der Waals surface area contributed by atoms with Gasteiger partial charge in [-0.3, -0.25) is 14.6 Å². The third-order valence-corrected chi connectivity index (χ3v) is 4.59. The van der Waals surface area contributed by atoms with Gasteiger partial charge in [0.1, 0.15) is 0 Å². The zero-order chi connectivity index (χ0) is 19.1. The van der Waals surface area contributed by atoms with Crippen molar-refractivity contribution in [3.8, 4) is 0 Å². The van der Waals surface area contributed by atoms with Crippen LogP contribution in [-0.2, 0) is 11.3 Å². The quantitative estimate of drug-likeness (QED) is 0.637. The fourth-order valence-electron chi connectivity index (χ4n) is 2.41. The summed E-state index contributed by atoms with van der Waals surface area (Å²) in [6.07, 6.45) is 4.79. The number of aromatic nitrogens is 1. The highest BCUT2D eigenvalue weighted by molar-refractivity contribution is 7.10. The van der Waals surface area contributed by atoms with E-state index in [0.29, 0.717) is 17.8 Å². The van der Waals surface area contributed by atoms with Crippen LogP contribution < -0.4 is 10.6 Å². The number of benzene rings is 2. The zero-order valence-corrected chi connectivity index (χ0v) is 15.6. The van der Waals surface area contributed by atoms with Crippen molar-refractivity contribution in [3.05, 3.63) is 87.9 Å². The Hall–Kier alpha value is -3.25. The lowest BCUT2D eigenvalue weighted by Crippen LogP contribution is -2.24. The van der Waals surface area contributed by atoms with E-state index in [1.807, 2.05) is 31.2 Å². The van der Waals surface area contributed by atoms with Gasteiger partial charge in [-0.1, -0.05) is 42.0 Å². The van der Waals surface area contributed by atoms with Crippen LogP contribution in [0.15, 0.2) is 66.3 Å². The number of rotatable bonds is 6. The van der Waals surface area contributed by atoms with E-state index in [1.165, 1.54) is 23.0 Å². The van der Waals surface area contributed by atoms with Crippen molar-refractivity contribution in [3.63, 3.8) is 0 Å². The van der Waals surface area contributed by atoms with Crippen molar-refractivity contribution >= 4 is 34.9 Å². The maximum absolute atomic E-state index is 12.5. The predicted octanol–water partition coefficient (Wildman–Crippen LogP) is 4.03. The molecule has 0 spiro atoms. The van der Waals surface area contributed by atoms with Gasteiger partial charge in [0, 0.05) is 23.7 Å². The molecule has 6 heteroatoms. The lowest BCUT2D eigenvalue weighted by molar-refractivity contribution is -0.111. The molecular formula is C21H19N3O2S. The van der Waals surface area contributed by atoms with Crippen LogP contribution in [0.4, 0.5) is 5.69 Å². The largest absolute Gasteiger partial charge is 0.348 e. The Morgan fingerprint density at radius 3 is 2.63 bits per heavy atom. The Bertz CT molecular complexity index is 948. The number of nitrogens with zero attached hydrogens (tertiary/aromatic N) is 1. The van der Waals surface area contributed by atoms with Gasteiger partial charge in [-0.05, 0) is 30.7 Å². The average Bonchev–Trinajstić information content (AvgIpc) is 3.20. The third kappa shape index (κ3) is 5.36. The lowest BCUT2D eigenvalue weighted by Gasteiger charge is -2.10. The number of hydrogen-bond donors (Lipinski definition) is 2. The van der Waals surface area contributed by atoms with Crippen LogP contribution in [-0.4, -0.2) is 16.8 Å². The molecule has 1 aromatic heterocycles. The minimum absolute atomic E-state index is 0.238. The molecule has 2 aromatic carbocycles. The second kappa shape index (κ2) is 8.91. The van der Waals surface area contributed by atoms with Crippen molar-refractivity contribution < 1.29 is 9.59 Å². The molecule has 1 heterocycles. The minimum atomic E-state index is -0.304. The first-order valence-corrected chi connectivity index (χ1v) is 9.30. The van der Waals surface area contributed by atoms with Crippen LogP contribution in [0.3, 0.4) is 0 Å². The standard InChI is InChI=1S/C21H19N3O2S/c1-15-6-8-16(9-7-15)12-23-21(26)18-4-2-3-5-19(18)24-20(25)11-10-17-13-22-14-27-17/h2-11,13-14H,12H2,1H3,(H,23,26)(H,24,25)/b11-10+. The average molecular weight is 377 g/mol. The molecular weight excluding hydrogens is 358 g/mol. The van der Waals surface area contributed by atoms with Crippen LogP contribution in [0.25, 0.3) is 6.08 Å². The summed E-state index contributed by atoms with van der Waals surface area (Å²) in [5.74, 6) is -0.542. The molecule has 2 amide bonds. The number of carbonyl (C=O) groups is 2. The van der Waals surface area contributed by atoms with E-state index in [-0.39, 0.29) is 11.8 Å². The summed E-state index contributed by atoms with van der Waals surface area (Å²) in [5.41, 5.74) is 4.78. The number of anilines is 1. The van der Waals surface area contributed by atoms with E-state index < -0.39 is 0 Å². The van der Waals surface area contributed by atoms with Gasteiger partial charge in [0.05, 0.1) is 16.8 Å². The van der Waals surface area contributed by atoms with E-state index in [9.17, 15) is 9.59 Å². The zero-order valence-electron chi connectivity index (χ0n) is 14.8. The molecule has 2 N–H and O–H groups in total. The summed E-state index contributed by atoms with van der Waals surface area (Å²) in [4.78, 5) is 29.5. The Morgan fingerprint density at radius 1 is 1.11 bits per heavy atom. The lowest BCUT2D eigenvalue weighted by atomic mass is 10.1. The molecule has 0 saturated carbocycles. The number of hydrogen-bond acceptors (Lipinski definition) is 4. The molecule has 0 bridgehead atoms. The molecule has 0 saturated heterocycles. The molecule has 136 valence electrons. The molecule has 3 rings (SSSR count). The maximum atomic E-state index is 12.5. The van der Waals surface area contributed by atoms with Crippen LogP contribution in [0.1, 0.15) is 26.4 Å².